The average Bonchev–Trinajstić information content (AvgIpc) is 2.44. The van der Waals surface area contributed by atoms with Gasteiger partial charge in [-0.3, -0.25) is 4.79 Å². The predicted molar refractivity (Wildman–Crippen MR) is 81.6 cm³/mol. The largest absolute Gasteiger partial charge is 0.482 e. The predicted octanol–water partition coefficient (Wildman–Crippen LogP) is 0.968. The zero-order chi connectivity index (χ0) is 16.3. The number of rotatable bonds is 6. The molecule has 1 heterocycles. The summed E-state index contributed by atoms with van der Waals surface area (Å²) in [5.74, 6) is -0.0744. The van der Waals surface area contributed by atoms with E-state index in [0.29, 0.717) is 12.1 Å². The minimum absolute atomic E-state index is 0.00393. The number of anilines is 1. The number of aliphatic hydroxyl groups is 1. The smallest absolute Gasteiger partial charge is 0.262 e. The van der Waals surface area contributed by atoms with E-state index in [0.717, 1.165) is 0 Å². The summed E-state index contributed by atoms with van der Waals surface area (Å²) in [6.45, 7) is 1.84. The molecule has 0 bridgehead atoms. The van der Waals surface area contributed by atoms with E-state index in [1.165, 1.54) is 12.1 Å². The van der Waals surface area contributed by atoms with Crippen LogP contribution in [-0.4, -0.2) is 39.2 Å². The van der Waals surface area contributed by atoms with Crippen molar-refractivity contribution >= 4 is 33.2 Å². The lowest BCUT2D eigenvalue weighted by molar-refractivity contribution is -0.118. The number of ether oxygens (including phenoxy) is 1. The second-order valence-electron chi connectivity index (χ2n) is 5.08. The summed E-state index contributed by atoms with van der Waals surface area (Å²) < 4.78 is 32.3. The molecule has 1 amide bonds. The van der Waals surface area contributed by atoms with E-state index >= 15 is 0 Å². The molecule has 0 aromatic heterocycles. The van der Waals surface area contributed by atoms with Crippen LogP contribution in [0.3, 0.4) is 0 Å². The lowest BCUT2D eigenvalue weighted by Crippen LogP contribution is -2.30. The van der Waals surface area contributed by atoms with Gasteiger partial charge in [0.1, 0.15) is 10.6 Å². The number of aliphatic hydroxyl groups excluding tert-OH is 1. The van der Waals surface area contributed by atoms with Gasteiger partial charge < -0.3 is 15.2 Å². The fraction of sp³-hybridized carbons (Fsp3) is 0.462. The van der Waals surface area contributed by atoms with Crippen molar-refractivity contribution in [2.75, 3.05) is 25.1 Å². The van der Waals surface area contributed by atoms with Crippen molar-refractivity contribution in [3.63, 3.8) is 0 Å². The number of halogens is 1. The zero-order valence-corrected chi connectivity index (χ0v) is 13.5. The lowest BCUT2D eigenvalue weighted by atomic mass is 10.1. The Bertz CT molecular complexity index is 677. The molecule has 7 nitrogen and oxygen atoms in total. The van der Waals surface area contributed by atoms with Crippen LogP contribution in [0.25, 0.3) is 0 Å². The van der Waals surface area contributed by atoms with Gasteiger partial charge in [-0.1, -0.05) is 18.5 Å². The molecule has 1 aliphatic heterocycles. The third kappa shape index (κ3) is 3.89. The van der Waals surface area contributed by atoms with E-state index in [4.69, 9.17) is 21.4 Å². The topological polar surface area (TPSA) is 105 Å². The van der Waals surface area contributed by atoms with Gasteiger partial charge in [-0.2, -0.15) is 0 Å². The van der Waals surface area contributed by atoms with Crippen LogP contribution in [-0.2, 0) is 14.8 Å². The van der Waals surface area contributed by atoms with Crippen LogP contribution in [0.15, 0.2) is 17.0 Å². The molecule has 1 aliphatic rings. The molecule has 0 aliphatic carbocycles. The normalized spacial score (nSPS) is 15.7. The molecular weight excluding hydrogens is 332 g/mol. The first kappa shape index (κ1) is 17.0. The highest BCUT2D eigenvalue weighted by atomic mass is 35.5. The first-order chi connectivity index (χ1) is 10.3. The van der Waals surface area contributed by atoms with E-state index in [1.807, 2.05) is 6.92 Å². The van der Waals surface area contributed by atoms with Crippen LogP contribution >= 0.6 is 11.6 Å². The molecule has 1 unspecified atom stereocenters. The van der Waals surface area contributed by atoms with Gasteiger partial charge in [-0.05, 0) is 18.4 Å². The number of sulfonamides is 1. The summed E-state index contributed by atoms with van der Waals surface area (Å²) in [5.41, 5.74) is 0.342. The van der Waals surface area contributed by atoms with Crippen LogP contribution < -0.4 is 14.8 Å². The number of carbonyl (C=O) groups excluding carboxylic acids is 1. The SMILES string of the molecule is CC(CCO)CNS(=O)(=O)c1cc2c(cc1Cl)NC(=O)CO2. The van der Waals surface area contributed by atoms with Crippen LogP contribution in [0.1, 0.15) is 13.3 Å². The fourth-order valence-electron chi connectivity index (χ4n) is 1.94. The Balaban J connectivity index is 2.22. The first-order valence-corrected chi connectivity index (χ1v) is 8.56. The second-order valence-corrected chi connectivity index (χ2v) is 7.23. The minimum Gasteiger partial charge on any atom is -0.482 e. The Labute approximate surface area is 133 Å². The summed E-state index contributed by atoms with van der Waals surface area (Å²) in [5, 5.41) is 11.4. The van der Waals surface area contributed by atoms with Crippen LogP contribution in [0.5, 0.6) is 5.75 Å². The fourth-order valence-corrected chi connectivity index (χ4v) is 3.65. The molecule has 0 radical (unpaired) electrons. The molecule has 3 N–H and O–H groups in total. The van der Waals surface area contributed by atoms with Crippen molar-refractivity contribution in [2.24, 2.45) is 5.92 Å². The molecular formula is C13H17ClN2O5S. The molecule has 0 saturated heterocycles. The molecule has 1 atom stereocenters. The van der Waals surface area contributed by atoms with Crippen LogP contribution in [0.4, 0.5) is 5.69 Å². The number of amides is 1. The maximum absolute atomic E-state index is 12.3. The van der Waals surface area contributed by atoms with E-state index in [-0.39, 0.29) is 47.3 Å². The Morgan fingerprint density at radius 2 is 2.23 bits per heavy atom. The molecule has 1 aromatic rings. The van der Waals surface area contributed by atoms with E-state index < -0.39 is 10.0 Å². The van der Waals surface area contributed by atoms with Gasteiger partial charge in [0.2, 0.25) is 10.0 Å². The Kier molecular flexibility index (Phi) is 5.28. The highest BCUT2D eigenvalue weighted by Crippen LogP contribution is 2.35. The summed E-state index contributed by atoms with van der Waals surface area (Å²) in [6, 6.07) is 2.63. The van der Waals surface area contributed by atoms with Gasteiger partial charge in [-0.15, -0.1) is 0 Å². The zero-order valence-electron chi connectivity index (χ0n) is 11.9. The van der Waals surface area contributed by atoms with Crippen LogP contribution in [0.2, 0.25) is 5.02 Å². The Hall–Kier alpha value is -1.35. The highest BCUT2D eigenvalue weighted by Gasteiger charge is 2.24. The summed E-state index contributed by atoms with van der Waals surface area (Å²) >= 11 is 6.00. The molecule has 122 valence electrons. The Morgan fingerprint density at radius 3 is 2.91 bits per heavy atom. The number of fused-ring (bicyclic) bond motifs is 1. The molecule has 2 rings (SSSR count). The maximum atomic E-state index is 12.3. The third-order valence-corrected chi connectivity index (χ3v) is 5.09. The lowest BCUT2D eigenvalue weighted by Gasteiger charge is -2.20. The monoisotopic (exact) mass is 348 g/mol. The van der Waals surface area contributed by atoms with E-state index in [1.54, 1.807) is 0 Å². The minimum atomic E-state index is -3.81. The second kappa shape index (κ2) is 6.82. The average molecular weight is 349 g/mol. The van der Waals surface area contributed by atoms with Gasteiger partial charge >= 0.3 is 0 Å². The summed E-state index contributed by atoms with van der Waals surface area (Å²) in [6.07, 6.45) is 0.496. The van der Waals surface area contributed by atoms with Gasteiger partial charge in [0.05, 0.1) is 10.7 Å². The molecule has 9 heteroatoms. The molecule has 0 saturated carbocycles. The molecule has 22 heavy (non-hydrogen) atoms. The molecule has 0 fully saturated rings. The van der Waals surface area contributed by atoms with Crippen molar-refractivity contribution in [1.29, 1.82) is 0 Å². The molecule has 0 spiro atoms. The van der Waals surface area contributed by atoms with E-state index in [9.17, 15) is 13.2 Å². The number of nitrogens with one attached hydrogen (secondary N) is 2. The number of hydrogen-bond acceptors (Lipinski definition) is 5. The maximum Gasteiger partial charge on any atom is 0.262 e. The van der Waals surface area contributed by atoms with Gasteiger partial charge in [0, 0.05) is 19.2 Å². The van der Waals surface area contributed by atoms with Crippen molar-refractivity contribution in [3.8, 4) is 5.75 Å². The Morgan fingerprint density at radius 1 is 1.50 bits per heavy atom. The summed E-state index contributed by atoms with van der Waals surface area (Å²) in [7, 11) is -3.81. The van der Waals surface area contributed by atoms with Crippen molar-refractivity contribution in [2.45, 2.75) is 18.2 Å². The molecule has 1 aromatic carbocycles. The third-order valence-electron chi connectivity index (χ3n) is 3.20. The standard InChI is InChI=1S/C13H17ClN2O5S/c1-8(2-3-17)6-15-22(19,20)12-5-11-10(4-9(12)14)16-13(18)7-21-11/h4-5,8,15,17H,2-3,6-7H2,1H3,(H,16,18). The number of carbonyl (C=O) groups is 1. The van der Waals surface area contributed by atoms with Crippen molar-refractivity contribution in [1.82, 2.24) is 4.72 Å². The highest BCUT2D eigenvalue weighted by molar-refractivity contribution is 7.89. The van der Waals surface area contributed by atoms with Gasteiger partial charge in [-0.25, -0.2) is 13.1 Å². The van der Waals surface area contributed by atoms with Gasteiger partial charge in [0.15, 0.2) is 6.61 Å². The first-order valence-electron chi connectivity index (χ1n) is 6.70. The van der Waals surface area contributed by atoms with Gasteiger partial charge in [0.25, 0.3) is 5.91 Å². The van der Waals surface area contributed by atoms with Crippen molar-refractivity contribution in [3.05, 3.63) is 17.2 Å². The quantitative estimate of drug-likeness (QED) is 0.710. The van der Waals surface area contributed by atoms with E-state index in [2.05, 4.69) is 10.0 Å². The van der Waals surface area contributed by atoms with Crippen LogP contribution in [0, 0.1) is 5.92 Å². The number of benzene rings is 1. The number of hydrogen-bond donors (Lipinski definition) is 3. The summed E-state index contributed by atoms with van der Waals surface area (Å²) in [4.78, 5) is 11.1. The van der Waals surface area contributed by atoms with Crippen molar-refractivity contribution < 1.29 is 23.1 Å².